The molecular formula is C14H32N6O2S. The van der Waals surface area contributed by atoms with E-state index in [4.69, 9.17) is 27.1 Å². The molecule has 0 saturated carbocycles. The highest BCUT2D eigenvalue weighted by Gasteiger charge is 2.12. The second kappa shape index (κ2) is 14.6. The van der Waals surface area contributed by atoms with Crippen molar-refractivity contribution in [2.45, 2.75) is 51.2 Å². The van der Waals surface area contributed by atoms with Gasteiger partial charge >= 0.3 is 0 Å². The lowest BCUT2D eigenvalue weighted by Gasteiger charge is -2.15. The van der Waals surface area contributed by atoms with Crippen LogP contribution in [0.1, 0.15) is 39.0 Å². The number of rotatable bonds is 14. The number of nitrogens with one attached hydrogen (secondary N) is 1. The third-order valence-electron chi connectivity index (χ3n) is 3.23. The van der Waals surface area contributed by atoms with Crippen molar-refractivity contribution in [1.82, 2.24) is 5.32 Å². The maximum Gasteiger partial charge on any atom is 0.236 e. The first-order chi connectivity index (χ1) is 11.0. The molecule has 0 aromatic rings. The molecule has 0 aromatic heterocycles. The largest absolute Gasteiger partial charge is 0.377 e. The predicted molar refractivity (Wildman–Crippen MR) is 96.8 cm³/mol. The van der Waals surface area contributed by atoms with E-state index in [2.05, 4.69) is 10.3 Å². The van der Waals surface area contributed by atoms with Crippen molar-refractivity contribution in [2.24, 2.45) is 27.3 Å². The topological polar surface area (TPSA) is 155 Å². The first kappa shape index (κ1) is 22.0. The molecule has 0 bridgehead atoms. The van der Waals surface area contributed by atoms with Crippen LogP contribution in [0.3, 0.4) is 0 Å². The minimum Gasteiger partial charge on any atom is -0.377 e. The van der Waals surface area contributed by atoms with E-state index < -0.39 is 6.04 Å². The van der Waals surface area contributed by atoms with Gasteiger partial charge in [-0.15, -0.1) is 0 Å². The summed E-state index contributed by atoms with van der Waals surface area (Å²) in [5, 5.41) is 8.14. The summed E-state index contributed by atoms with van der Waals surface area (Å²) in [5.74, 6) is 0.853. The van der Waals surface area contributed by atoms with Crippen LogP contribution < -0.4 is 27.7 Å². The van der Waals surface area contributed by atoms with Crippen molar-refractivity contribution in [3.8, 4) is 0 Å². The Hall–Kier alpha value is -1.03. The third-order valence-corrected chi connectivity index (χ3v) is 3.76. The zero-order valence-corrected chi connectivity index (χ0v) is 14.8. The molecule has 9 heteroatoms. The molecule has 0 aliphatic heterocycles. The molecule has 0 rings (SSSR count). The number of nitrogens with two attached hydrogens (primary N) is 4. The molecule has 2 atom stereocenters. The first-order valence-electron chi connectivity index (χ1n) is 7.99. The second-order valence-electron chi connectivity index (χ2n) is 5.39. The number of hydrogen-bond acceptors (Lipinski definition) is 6. The number of guanidine groups is 1. The Bertz CT molecular complexity index is 339. The number of aliphatic imine (C=N–C) groups is 1. The number of carbonyl (C=O) groups excluding carboxylic acids is 1. The fraction of sp³-hybridized carbons (Fsp3) is 0.857. The Labute approximate surface area is 143 Å². The van der Waals surface area contributed by atoms with Gasteiger partial charge < -0.3 is 27.3 Å². The molecule has 0 fully saturated rings. The average Bonchev–Trinajstić information content (AvgIpc) is 2.51. The molecule has 0 spiro atoms. The van der Waals surface area contributed by atoms with Gasteiger partial charge in [-0.25, -0.2) is 0 Å². The molecule has 0 heterocycles. The van der Waals surface area contributed by atoms with Gasteiger partial charge in [-0.05, 0) is 32.6 Å². The Morgan fingerprint density at radius 1 is 1.26 bits per heavy atom. The molecule has 0 aromatic carbocycles. The van der Waals surface area contributed by atoms with Gasteiger partial charge in [0.15, 0.2) is 5.96 Å². The minimum absolute atomic E-state index is 0.0519. The third kappa shape index (κ3) is 14.3. The van der Waals surface area contributed by atoms with Crippen LogP contribution in [0.15, 0.2) is 4.99 Å². The van der Waals surface area contributed by atoms with Crippen molar-refractivity contribution < 1.29 is 9.53 Å². The summed E-state index contributed by atoms with van der Waals surface area (Å²) < 4.78 is 5.64. The highest BCUT2D eigenvalue weighted by atomic mass is 32.2. The number of hydrogen-bond donors (Lipinski definition) is 5. The van der Waals surface area contributed by atoms with Gasteiger partial charge in [0.2, 0.25) is 5.91 Å². The molecule has 136 valence electrons. The number of unbranched alkanes of at least 4 members (excludes halogenated alkanes) is 1. The van der Waals surface area contributed by atoms with Crippen LogP contribution in [-0.2, 0) is 9.53 Å². The zero-order chi connectivity index (χ0) is 17.5. The van der Waals surface area contributed by atoms with Gasteiger partial charge in [-0.3, -0.25) is 14.9 Å². The SMILES string of the molecule is CC(CCCCSN)OCCNC(=O)C(N)CCCN=C(N)N. The van der Waals surface area contributed by atoms with Crippen LogP contribution in [0, 0.1) is 0 Å². The molecule has 0 aliphatic carbocycles. The van der Waals surface area contributed by atoms with Crippen molar-refractivity contribution >= 4 is 23.8 Å². The normalized spacial score (nSPS) is 13.3. The van der Waals surface area contributed by atoms with Crippen LogP contribution in [0.25, 0.3) is 0 Å². The monoisotopic (exact) mass is 348 g/mol. The zero-order valence-electron chi connectivity index (χ0n) is 14.0. The van der Waals surface area contributed by atoms with E-state index in [1.54, 1.807) is 0 Å². The number of carbonyl (C=O) groups is 1. The molecule has 2 unspecified atom stereocenters. The molecule has 1 amide bonds. The average molecular weight is 349 g/mol. The van der Waals surface area contributed by atoms with Gasteiger partial charge in [-0.1, -0.05) is 18.4 Å². The van der Waals surface area contributed by atoms with Crippen molar-refractivity contribution in [1.29, 1.82) is 0 Å². The van der Waals surface area contributed by atoms with E-state index >= 15 is 0 Å². The quantitative estimate of drug-likeness (QED) is 0.124. The maximum absolute atomic E-state index is 11.8. The van der Waals surface area contributed by atoms with Gasteiger partial charge in [0.25, 0.3) is 0 Å². The van der Waals surface area contributed by atoms with Gasteiger partial charge in [-0.2, -0.15) is 0 Å². The van der Waals surface area contributed by atoms with Gasteiger partial charge in [0.05, 0.1) is 18.8 Å². The molecule has 0 aliphatic rings. The van der Waals surface area contributed by atoms with Crippen LogP contribution in [-0.4, -0.2) is 49.5 Å². The van der Waals surface area contributed by atoms with E-state index in [-0.39, 0.29) is 18.0 Å². The van der Waals surface area contributed by atoms with Crippen LogP contribution in [0.5, 0.6) is 0 Å². The standard InChI is InChI=1S/C14H32N6O2S/c1-11(5-2-3-10-23-18)22-9-8-19-13(21)12(15)6-4-7-20-14(16)17/h11-12H,2-10,15,18H2,1H3,(H,19,21)(H4,16,17,20). The molecule has 9 N–H and O–H groups in total. The Balaban J connectivity index is 3.59. The van der Waals surface area contributed by atoms with E-state index in [1.165, 1.54) is 11.9 Å². The smallest absolute Gasteiger partial charge is 0.236 e. The highest BCUT2D eigenvalue weighted by molar-refractivity contribution is 7.97. The lowest BCUT2D eigenvalue weighted by atomic mass is 10.1. The number of ether oxygens (including phenoxy) is 1. The summed E-state index contributed by atoms with van der Waals surface area (Å²) >= 11 is 1.37. The first-order valence-corrected chi connectivity index (χ1v) is 9.04. The molecule has 0 saturated heterocycles. The summed E-state index contributed by atoms with van der Waals surface area (Å²) in [7, 11) is 0. The summed E-state index contributed by atoms with van der Waals surface area (Å²) in [4.78, 5) is 15.6. The van der Waals surface area contributed by atoms with E-state index in [9.17, 15) is 4.79 Å². The lowest BCUT2D eigenvalue weighted by Crippen LogP contribution is -2.42. The summed E-state index contributed by atoms with van der Waals surface area (Å²) in [6.07, 6.45) is 4.58. The Kier molecular flexibility index (Phi) is 13.9. The maximum atomic E-state index is 11.8. The molecular weight excluding hydrogens is 316 g/mol. The van der Waals surface area contributed by atoms with Crippen molar-refractivity contribution in [3.63, 3.8) is 0 Å². The Morgan fingerprint density at radius 3 is 2.65 bits per heavy atom. The highest BCUT2D eigenvalue weighted by Crippen LogP contribution is 2.06. The molecule has 0 radical (unpaired) electrons. The van der Waals surface area contributed by atoms with Gasteiger partial charge in [0.1, 0.15) is 0 Å². The summed E-state index contributed by atoms with van der Waals surface area (Å²) in [5.41, 5.74) is 16.2. The summed E-state index contributed by atoms with van der Waals surface area (Å²) in [6, 6.07) is -0.546. The molecule has 8 nitrogen and oxygen atoms in total. The van der Waals surface area contributed by atoms with Crippen molar-refractivity contribution in [2.75, 3.05) is 25.4 Å². The number of amides is 1. The van der Waals surface area contributed by atoms with E-state index in [0.29, 0.717) is 32.5 Å². The minimum atomic E-state index is -0.546. The van der Waals surface area contributed by atoms with Crippen molar-refractivity contribution in [3.05, 3.63) is 0 Å². The summed E-state index contributed by atoms with van der Waals surface area (Å²) in [6.45, 7) is 3.46. The molecule has 23 heavy (non-hydrogen) atoms. The van der Waals surface area contributed by atoms with Gasteiger partial charge in [0, 0.05) is 18.8 Å². The Morgan fingerprint density at radius 2 is 2.00 bits per heavy atom. The van der Waals surface area contributed by atoms with Crippen LogP contribution >= 0.6 is 11.9 Å². The fourth-order valence-corrected chi connectivity index (χ4v) is 2.29. The predicted octanol–water partition coefficient (Wildman–Crippen LogP) is -0.334. The van der Waals surface area contributed by atoms with Crippen LogP contribution in [0.4, 0.5) is 0 Å². The van der Waals surface area contributed by atoms with E-state index in [1.807, 2.05) is 6.92 Å². The fourth-order valence-electron chi connectivity index (χ4n) is 1.92. The second-order valence-corrected chi connectivity index (χ2v) is 6.14. The lowest BCUT2D eigenvalue weighted by molar-refractivity contribution is -0.122. The number of nitrogens with zero attached hydrogens (tertiary/aromatic N) is 1. The van der Waals surface area contributed by atoms with Crippen LogP contribution in [0.2, 0.25) is 0 Å². The van der Waals surface area contributed by atoms with E-state index in [0.717, 1.165) is 25.0 Å².